The molecule has 1 aliphatic rings. The average molecular weight is 481 g/mol. The summed E-state index contributed by atoms with van der Waals surface area (Å²) in [4.78, 5) is 26.6. The number of hydrogen-bond acceptors (Lipinski definition) is 5. The van der Waals surface area contributed by atoms with Crippen LogP contribution in [0.15, 0.2) is 57.9 Å². The van der Waals surface area contributed by atoms with Crippen LogP contribution in [0.3, 0.4) is 0 Å². The van der Waals surface area contributed by atoms with E-state index >= 15 is 0 Å². The monoisotopic (exact) mass is 480 g/mol. The van der Waals surface area contributed by atoms with Gasteiger partial charge in [0.05, 0.1) is 19.1 Å². The van der Waals surface area contributed by atoms with Crippen LogP contribution in [-0.2, 0) is 19.6 Å². The number of amides is 2. The number of ether oxygens (including phenoxy) is 1. The molecule has 0 aromatic heterocycles. The van der Waals surface area contributed by atoms with Crippen molar-refractivity contribution in [2.75, 3.05) is 13.7 Å². The lowest BCUT2D eigenvalue weighted by Crippen LogP contribution is -2.37. The summed E-state index contributed by atoms with van der Waals surface area (Å²) >= 11 is 3.18. The van der Waals surface area contributed by atoms with Gasteiger partial charge in [-0.25, -0.2) is 13.1 Å². The number of nitrogens with zero attached hydrogens (tertiary/aromatic N) is 1. The number of carbonyl (C=O) groups is 2. The lowest BCUT2D eigenvalue weighted by Gasteiger charge is -2.25. The van der Waals surface area contributed by atoms with Crippen molar-refractivity contribution in [3.8, 4) is 5.75 Å². The molecule has 0 radical (unpaired) electrons. The lowest BCUT2D eigenvalue weighted by atomic mass is 10.1. The van der Waals surface area contributed by atoms with Crippen LogP contribution in [0.4, 0.5) is 0 Å². The molecular formula is C20H21BrN2O5S. The zero-order chi connectivity index (χ0) is 21.2. The molecule has 2 amide bonds. The Morgan fingerprint density at radius 3 is 2.59 bits per heavy atom. The van der Waals surface area contributed by atoms with Gasteiger partial charge in [0.1, 0.15) is 10.6 Å². The summed E-state index contributed by atoms with van der Waals surface area (Å²) < 4.78 is 32.8. The van der Waals surface area contributed by atoms with Crippen molar-refractivity contribution >= 4 is 37.8 Å². The zero-order valence-corrected chi connectivity index (χ0v) is 18.4. The van der Waals surface area contributed by atoms with Gasteiger partial charge in [-0.15, -0.1) is 0 Å². The highest BCUT2D eigenvalue weighted by Gasteiger charge is 2.38. The first kappa shape index (κ1) is 21.3. The van der Waals surface area contributed by atoms with Gasteiger partial charge in [-0.1, -0.05) is 30.3 Å². The van der Waals surface area contributed by atoms with E-state index in [1.165, 1.54) is 19.2 Å². The molecule has 1 N–H and O–H groups in total. The maximum absolute atomic E-state index is 12.7. The predicted octanol–water partition coefficient (Wildman–Crippen LogP) is 2.87. The maximum atomic E-state index is 12.7. The van der Waals surface area contributed by atoms with E-state index in [9.17, 15) is 18.0 Å². The summed E-state index contributed by atoms with van der Waals surface area (Å²) in [6.07, 6.45) is -0.0300. The van der Waals surface area contributed by atoms with Crippen LogP contribution in [0.1, 0.15) is 24.9 Å². The molecule has 29 heavy (non-hydrogen) atoms. The minimum absolute atomic E-state index is 0.0300. The largest absolute Gasteiger partial charge is 0.497 e. The first-order valence-corrected chi connectivity index (χ1v) is 11.2. The highest BCUT2D eigenvalue weighted by molar-refractivity contribution is 9.10. The Hall–Kier alpha value is -2.39. The Labute approximate surface area is 178 Å². The molecule has 154 valence electrons. The van der Waals surface area contributed by atoms with Crippen molar-refractivity contribution in [3.05, 3.63) is 58.6 Å². The molecule has 0 bridgehead atoms. The lowest BCUT2D eigenvalue weighted by molar-refractivity contribution is -0.130. The Morgan fingerprint density at radius 2 is 1.93 bits per heavy atom. The van der Waals surface area contributed by atoms with E-state index in [4.69, 9.17) is 4.74 Å². The molecular weight excluding hydrogens is 460 g/mol. The van der Waals surface area contributed by atoms with E-state index in [-0.39, 0.29) is 29.8 Å². The number of methoxy groups -OCH3 is 1. The topological polar surface area (TPSA) is 92.8 Å². The van der Waals surface area contributed by atoms with Crippen molar-refractivity contribution in [1.29, 1.82) is 0 Å². The number of halogens is 1. The van der Waals surface area contributed by atoms with Gasteiger partial charge >= 0.3 is 0 Å². The number of rotatable bonds is 6. The SMILES string of the molecule is COc1ccc(Br)c(S(=O)(=O)NC(=O)C2CC(=O)N(C(C)c3ccccc3)C2)c1. The van der Waals surface area contributed by atoms with Gasteiger partial charge in [0, 0.05) is 23.5 Å². The Morgan fingerprint density at radius 1 is 1.24 bits per heavy atom. The summed E-state index contributed by atoms with van der Waals surface area (Å²) in [6, 6.07) is 13.7. The number of sulfonamides is 1. The van der Waals surface area contributed by atoms with Gasteiger partial charge in [0.15, 0.2) is 0 Å². The van der Waals surface area contributed by atoms with E-state index in [1.807, 2.05) is 37.3 Å². The molecule has 0 saturated carbocycles. The normalized spacial score (nSPS) is 17.8. The third-order valence-electron chi connectivity index (χ3n) is 4.94. The first-order valence-electron chi connectivity index (χ1n) is 8.97. The molecule has 3 rings (SSSR count). The number of benzene rings is 2. The second-order valence-corrected chi connectivity index (χ2v) is 9.31. The minimum Gasteiger partial charge on any atom is -0.497 e. The van der Waals surface area contributed by atoms with Crippen LogP contribution in [0.5, 0.6) is 5.75 Å². The van der Waals surface area contributed by atoms with E-state index in [0.717, 1.165) is 5.56 Å². The van der Waals surface area contributed by atoms with E-state index in [1.54, 1.807) is 11.0 Å². The molecule has 2 aromatic carbocycles. The quantitative estimate of drug-likeness (QED) is 0.685. The van der Waals surface area contributed by atoms with Crippen molar-refractivity contribution in [2.45, 2.75) is 24.3 Å². The molecule has 1 fully saturated rings. The molecule has 0 spiro atoms. The van der Waals surface area contributed by atoms with Gasteiger partial charge in [-0.05, 0) is 40.5 Å². The van der Waals surface area contributed by atoms with Gasteiger partial charge in [-0.3, -0.25) is 9.59 Å². The number of nitrogens with one attached hydrogen (secondary N) is 1. The first-order chi connectivity index (χ1) is 13.7. The molecule has 1 saturated heterocycles. The van der Waals surface area contributed by atoms with E-state index in [2.05, 4.69) is 20.7 Å². The molecule has 2 aromatic rings. The molecule has 2 atom stereocenters. The van der Waals surface area contributed by atoms with Crippen molar-refractivity contribution in [2.24, 2.45) is 5.92 Å². The number of hydrogen-bond donors (Lipinski definition) is 1. The van der Waals surface area contributed by atoms with Crippen LogP contribution >= 0.6 is 15.9 Å². The smallest absolute Gasteiger partial charge is 0.265 e. The summed E-state index contributed by atoms with van der Waals surface area (Å²) in [7, 11) is -2.70. The summed E-state index contributed by atoms with van der Waals surface area (Å²) in [5, 5.41) is 0. The standard InChI is InChI=1S/C20H21BrN2O5S/c1-13(14-6-4-3-5-7-14)23-12-15(10-19(23)24)20(25)22-29(26,27)18-11-16(28-2)8-9-17(18)21/h3-9,11,13,15H,10,12H2,1-2H3,(H,22,25). The van der Waals surface area contributed by atoms with Crippen molar-refractivity contribution < 1.29 is 22.7 Å². The summed E-state index contributed by atoms with van der Waals surface area (Å²) in [6.45, 7) is 2.05. The van der Waals surface area contributed by atoms with Gasteiger partial charge < -0.3 is 9.64 Å². The van der Waals surface area contributed by atoms with Crippen LogP contribution in [0.25, 0.3) is 0 Å². The minimum atomic E-state index is -4.12. The van der Waals surface area contributed by atoms with E-state index in [0.29, 0.717) is 10.2 Å². The fourth-order valence-electron chi connectivity index (χ4n) is 3.28. The molecule has 0 aliphatic carbocycles. The van der Waals surface area contributed by atoms with Crippen LogP contribution in [0, 0.1) is 5.92 Å². The molecule has 1 aliphatic heterocycles. The fourth-order valence-corrected chi connectivity index (χ4v) is 5.30. The molecule has 1 heterocycles. The highest BCUT2D eigenvalue weighted by atomic mass is 79.9. The van der Waals surface area contributed by atoms with Crippen molar-refractivity contribution in [3.63, 3.8) is 0 Å². The van der Waals surface area contributed by atoms with E-state index < -0.39 is 21.8 Å². The average Bonchev–Trinajstić information content (AvgIpc) is 3.10. The van der Waals surface area contributed by atoms with Gasteiger partial charge in [0.2, 0.25) is 11.8 Å². The fraction of sp³-hybridized carbons (Fsp3) is 0.300. The Balaban J connectivity index is 1.74. The second kappa shape index (κ2) is 8.54. The number of carbonyl (C=O) groups excluding carboxylic acids is 2. The summed E-state index contributed by atoms with van der Waals surface area (Å²) in [5.74, 6) is -1.27. The van der Waals surface area contributed by atoms with Gasteiger partial charge in [0.25, 0.3) is 10.0 Å². The Bertz CT molecular complexity index is 1030. The van der Waals surface area contributed by atoms with Crippen LogP contribution in [-0.4, -0.2) is 38.8 Å². The summed E-state index contributed by atoms with van der Waals surface area (Å²) in [5.41, 5.74) is 0.954. The molecule has 2 unspecified atom stereocenters. The van der Waals surface area contributed by atoms with Crippen LogP contribution in [0.2, 0.25) is 0 Å². The predicted molar refractivity (Wildman–Crippen MR) is 111 cm³/mol. The molecule has 7 nitrogen and oxygen atoms in total. The third kappa shape index (κ3) is 4.62. The maximum Gasteiger partial charge on any atom is 0.265 e. The van der Waals surface area contributed by atoms with Crippen LogP contribution < -0.4 is 9.46 Å². The Kier molecular flexibility index (Phi) is 6.28. The third-order valence-corrected chi connectivity index (χ3v) is 7.28. The van der Waals surface area contributed by atoms with Crippen molar-refractivity contribution in [1.82, 2.24) is 9.62 Å². The zero-order valence-electron chi connectivity index (χ0n) is 16.0. The number of likely N-dealkylation sites (tertiary alicyclic amines) is 1. The highest BCUT2D eigenvalue weighted by Crippen LogP contribution is 2.30. The second-order valence-electron chi connectivity index (χ2n) is 6.80. The molecule has 9 heteroatoms. The van der Waals surface area contributed by atoms with Gasteiger partial charge in [-0.2, -0.15) is 0 Å².